The minimum Gasteiger partial charge on any atom is -0.500 e. The van der Waals surface area contributed by atoms with Gasteiger partial charge in [0.2, 0.25) is 0 Å². The summed E-state index contributed by atoms with van der Waals surface area (Å²) >= 11 is 1.64. The molecule has 2 aliphatic rings. The summed E-state index contributed by atoms with van der Waals surface area (Å²) in [5.41, 5.74) is 2.96. The maximum absolute atomic E-state index is 11.2. The van der Waals surface area contributed by atoms with E-state index in [0.717, 1.165) is 40.3 Å². The number of thioether (sulfide) groups is 1. The molecule has 0 radical (unpaired) electrons. The number of hydrogen-bond acceptors (Lipinski definition) is 4. The van der Waals surface area contributed by atoms with E-state index in [0.29, 0.717) is 5.75 Å². The van der Waals surface area contributed by atoms with Crippen molar-refractivity contribution in [1.82, 2.24) is 9.78 Å². The number of carboxylic acid groups (broad SMARTS) is 1. The van der Waals surface area contributed by atoms with E-state index in [1.165, 1.54) is 0 Å². The van der Waals surface area contributed by atoms with Crippen LogP contribution >= 0.6 is 11.8 Å². The number of nitrogens with zero attached hydrogens (tertiary/aromatic N) is 2. The summed E-state index contributed by atoms with van der Waals surface area (Å²) in [6.07, 6.45) is 3.97. The Morgan fingerprint density at radius 1 is 1.58 bits per heavy atom. The lowest BCUT2D eigenvalue weighted by Crippen LogP contribution is -2.10. The zero-order valence-corrected chi connectivity index (χ0v) is 11.6. The molecule has 1 aliphatic carbocycles. The van der Waals surface area contributed by atoms with Crippen molar-refractivity contribution in [3.63, 3.8) is 0 Å². The standard InChI is InChI=1S/C13H14N2O3S/c1-15-11-7-4-3-5-9(18-2)12(7)19-6-8(11)10(14-15)13(16)17/h4H,3,5-6H2,1-2H3,(H,16,17). The maximum atomic E-state index is 11.2. The van der Waals surface area contributed by atoms with Crippen LogP contribution in [0.4, 0.5) is 0 Å². The van der Waals surface area contributed by atoms with Crippen LogP contribution in [-0.2, 0) is 17.5 Å². The second-order valence-electron chi connectivity index (χ2n) is 4.51. The summed E-state index contributed by atoms with van der Waals surface area (Å²) in [4.78, 5) is 12.4. The summed E-state index contributed by atoms with van der Waals surface area (Å²) in [5, 5.41) is 13.3. The summed E-state index contributed by atoms with van der Waals surface area (Å²) < 4.78 is 7.11. The third kappa shape index (κ3) is 1.78. The van der Waals surface area contributed by atoms with E-state index in [-0.39, 0.29) is 5.69 Å². The predicted molar refractivity (Wildman–Crippen MR) is 72.7 cm³/mol. The van der Waals surface area contributed by atoms with Gasteiger partial charge in [0.15, 0.2) is 5.69 Å². The van der Waals surface area contributed by atoms with Crippen LogP contribution in [0.3, 0.4) is 0 Å². The highest BCUT2D eigenvalue weighted by Gasteiger charge is 2.32. The lowest BCUT2D eigenvalue weighted by Gasteiger charge is -2.25. The average Bonchev–Trinajstić information content (AvgIpc) is 2.76. The molecule has 2 heterocycles. The van der Waals surface area contributed by atoms with Crippen molar-refractivity contribution in [2.24, 2.45) is 7.05 Å². The van der Waals surface area contributed by atoms with Crippen LogP contribution in [0, 0.1) is 0 Å². The molecule has 3 rings (SSSR count). The first-order valence-electron chi connectivity index (χ1n) is 6.03. The molecule has 100 valence electrons. The fraction of sp³-hybridized carbons (Fsp3) is 0.385. The van der Waals surface area contributed by atoms with Crippen LogP contribution in [-0.4, -0.2) is 28.0 Å². The first-order chi connectivity index (χ1) is 9.13. The van der Waals surface area contributed by atoms with Crippen LogP contribution in [0.15, 0.2) is 16.7 Å². The average molecular weight is 278 g/mol. The second kappa shape index (κ2) is 4.45. The number of methoxy groups -OCH3 is 1. The highest BCUT2D eigenvalue weighted by Crippen LogP contribution is 2.47. The number of carboxylic acids is 1. The lowest BCUT2D eigenvalue weighted by molar-refractivity contribution is 0.0689. The molecule has 1 aliphatic heterocycles. The van der Waals surface area contributed by atoms with Crippen LogP contribution in [0.1, 0.15) is 34.6 Å². The fourth-order valence-electron chi connectivity index (χ4n) is 2.62. The van der Waals surface area contributed by atoms with E-state index in [1.807, 2.05) is 0 Å². The monoisotopic (exact) mass is 278 g/mol. The number of aryl methyl sites for hydroxylation is 1. The van der Waals surface area contributed by atoms with E-state index >= 15 is 0 Å². The van der Waals surface area contributed by atoms with Gasteiger partial charge in [-0.25, -0.2) is 4.79 Å². The van der Waals surface area contributed by atoms with Gasteiger partial charge in [0.1, 0.15) is 5.76 Å². The molecule has 0 unspecified atom stereocenters. The smallest absolute Gasteiger partial charge is 0.356 e. The number of ether oxygens (including phenoxy) is 1. The summed E-state index contributed by atoms with van der Waals surface area (Å²) in [5.74, 6) is 0.657. The molecule has 0 fully saturated rings. The van der Waals surface area contributed by atoms with Crippen LogP contribution in [0.2, 0.25) is 0 Å². The molecule has 0 amide bonds. The Kier molecular flexibility index (Phi) is 2.89. The van der Waals surface area contributed by atoms with Gasteiger partial charge in [0, 0.05) is 30.4 Å². The fourth-order valence-corrected chi connectivity index (χ4v) is 3.86. The van der Waals surface area contributed by atoms with Gasteiger partial charge in [-0.2, -0.15) is 5.10 Å². The molecule has 6 heteroatoms. The third-order valence-corrected chi connectivity index (χ3v) is 4.60. The molecule has 0 bridgehead atoms. The first kappa shape index (κ1) is 12.3. The van der Waals surface area contributed by atoms with Gasteiger partial charge < -0.3 is 9.84 Å². The quantitative estimate of drug-likeness (QED) is 0.900. The molecular formula is C13H14N2O3S. The minimum absolute atomic E-state index is 0.162. The molecule has 0 saturated heterocycles. The van der Waals surface area contributed by atoms with Gasteiger partial charge in [-0.3, -0.25) is 4.68 Å². The van der Waals surface area contributed by atoms with Gasteiger partial charge >= 0.3 is 5.97 Å². The van der Waals surface area contributed by atoms with Gasteiger partial charge in [-0.05, 0) is 6.42 Å². The summed E-state index contributed by atoms with van der Waals surface area (Å²) in [6.45, 7) is 0. The highest BCUT2D eigenvalue weighted by atomic mass is 32.2. The van der Waals surface area contributed by atoms with E-state index < -0.39 is 5.97 Å². The van der Waals surface area contributed by atoms with Gasteiger partial charge in [0.05, 0.1) is 17.7 Å². The van der Waals surface area contributed by atoms with E-state index in [2.05, 4.69) is 11.2 Å². The Hall–Kier alpha value is -1.69. The van der Waals surface area contributed by atoms with Crippen LogP contribution in [0.5, 0.6) is 0 Å². The Bertz CT molecular complexity index is 628. The lowest BCUT2D eigenvalue weighted by atomic mass is 9.98. The molecule has 19 heavy (non-hydrogen) atoms. The van der Waals surface area contributed by atoms with Crippen LogP contribution in [0.25, 0.3) is 5.57 Å². The van der Waals surface area contributed by atoms with Crippen molar-refractivity contribution >= 4 is 23.3 Å². The molecule has 5 nitrogen and oxygen atoms in total. The Balaban J connectivity index is 2.19. The largest absolute Gasteiger partial charge is 0.500 e. The number of aromatic nitrogens is 2. The van der Waals surface area contributed by atoms with E-state index in [9.17, 15) is 9.90 Å². The molecule has 0 atom stereocenters. The minimum atomic E-state index is -0.965. The molecule has 1 aromatic heterocycles. The Morgan fingerprint density at radius 3 is 3.05 bits per heavy atom. The zero-order valence-electron chi connectivity index (χ0n) is 10.8. The van der Waals surface area contributed by atoms with Crippen molar-refractivity contribution in [1.29, 1.82) is 0 Å². The van der Waals surface area contributed by atoms with Crippen molar-refractivity contribution in [3.05, 3.63) is 33.7 Å². The number of rotatable bonds is 2. The summed E-state index contributed by atoms with van der Waals surface area (Å²) in [6, 6.07) is 0. The van der Waals surface area contributed by atoms with Gasteiger partial charge in [-0.15, -0.1) is 11.8 Å². The van der Waals surface area contributed by atoms with E-state index in [4.69, 9.17) is 4.74 Å². The zero-order chi connectivity index (χ0) is 13.6. The summed E-state index contributed by atoms with van der Waals surface area (Å²) in [7, 11) is 3.48. The van der Waals surface area contributed by atoms with Gasteiger partial charge in [-0.1, -0.05) is 6.08 Å². The second-order valence-corrected chi connectivity index (χ2v) is 5.49. The molecule has 0 spiro atoms. The molecule has 0 saturated carbocycles. The van der Waals surface area contributed by atoms with E-state index in [1.54, 1.807) is 30.6 Å². The maximum Gasteiger partial charge on any atom is 0.356 e. The molecular weight excluding hydrogens is 264 g/mol. The van der Waals surface area contributed by atoms with Crippen molar-refractivity contribution < 1.29 is 14.6 Å². The normalized spacial score (nSPS) is 17.7. The SMILES string of the molecule is COC1=C2SCc3c(C(=O)O)nn(C)c3C2=CCC1. The van der Waals surface area contributed by atoms with Crippen molar-refractivity contribution in [2.75, 3.05) is 7.11 Å². The first-order valence-corrected chi connectivity index (χ1v) is 7.02. The number of allylic oxidation sites excluding steroid dienone is 3. The van der Waals surface area contributed by atoms with Crippen LogP contribution < -0.4 is 0 Å². The Labute approximate surface area is 114 Å². The predicted octanol–water partition coefficient (Wildman–Crippen LogP) is 2.40. The highest BCUT2D eigenvalue weighted by molar-refractivity contribution is 8.03. The molecule has 1 aromatic rings. The Morgan fingerprint density at radius 2 is 2.37 bits per heavy atom. The van der Waals surface area contributed by atoms with Gasteiger partial charge in [0.25, 0.3) is 0 Å². The number of fused-ring (bicyclic) bond motifs is 3. The van der Waals surface area contributed by atoms with Crippen molar-refractivity contribution in [3.8, 4) is 0 Å². The van der Waals surface area contributed by atoms with Crippen molar-refractivity contribution in [2.45, 2.75) is 18.6 Å². The number of hydrogen-bond donors (Lipinski definition) is 1. The topological polar surface area (TPSA) is 64.3 Å². The third-order valence-electron chi connectivity index (χ3n) is 3.43. The number of aromatic carboxylic acids is 1. The molecule has 1 N–H and O–H groups in total. The molecule has 0 aromatic carbocycles. The number of carbonyl (C=O) groups is 1.